The molecule has 0 unspecified atom stereocenters. The van der Waals surface area contributed by atoms with Crippen LogP contribution in [0.25, 0.3) is 0 Å². The molecule has 0 amide bonds. The first-order valence-electron chi connectivity index (χ1n) is 4.93. The number of hydrogen-bond donors (Lipinski definition) is 4. The predicted molar refractivity (Wildman–Crippen MR) is 55.5 cm³/mol. The van der Waals surface area contributed by atoms with E-state index in [4.69, 9.17) is 12.2 Å². The molecule has 13 heavy (non-hydrogen) atoms. The molecule has 1 saturated heterocycles. The summed E-state index contributed by atoms with van der Waals surface area (Å²) < 4.78 is 0. The lowest BCUT2D eigenvalue weighted by Gasteiger charge is -2.35. The molecule has 0 aromatic heterocycles. The van der Waals surface area contributed by atoms with E-state index in [1.165, 1.54) is 32.1 Å². The second-order valence-corrected chi connectivity index (χ2v) is 4.15. The fourth-order valence-corrected chi connectivity index (χ4v) is 2.17. The van der Waals surface area contributed by atoms with Crippen LogP contribution < -0.4 is 21.7 Å². The summed E-state index contributed by atoms with van der Waals surface area (Å²) in [5.74, 6) is 0.719. The van der Waals surface area contributed by atoms with Gasteiger partial charge in [-0.3, -0.25) is 10.9 Å². The van der Waals surface area contributed by atoms with Gasteiger partial charge in [-0.1, -0.05) is 19.3 Å². The minimum atomic E-state index is 0.312. The molecule has 1 heterocycles. The molecule has 0 spiro atoms. The summed E-state index contributed by atoms with van der Waals surface area (Å²) in [6.07, 6.45) is 7.03. The second kappa shape index (κ2) is 4.21. The van der Waals surface area contributed by atoms with Gasteiger partial charge >= 0.3 is 0 Å². The summed E-state index contributed by atoms with van der Waals surface area (Å²) >= 11 is 4.91. The van der Waals surface area contributed by atoms with Crippen LogP contribution in [0.1, 0.15) is 32.1 Å². The average molecular weight is 200 g/mol. The SMILES string of the molecule is S=C1NNC(C2CCCCC2)NN1. The predicted octanol–water partition coefficient (Wildman–Crippen LogP) is 0.380. The Hall–Kier alpha value is -0.390. The van der Waals surface area contributed by atoms with Crippen molar-refractivity contribution < 1.29 is 0 Å². The maximum absolute atomic E-state index is 4.91. The van der Waals surface area contributed by atoms with Gasteiger partial charge in [-0.25, -0.2) is 10.9 Å². The monoisotopic (exact) mass is 200 g/mol. The lowest BCUT2D eigenvalue weighted by atomic mass is 9.87. The molecule has 0 aromatic carbocycles. The van der Waals surface area contributed by atoms with Gasteiger partial charge in [0.05, 0.1) is 6.17 Å². The minimum absolute atomic E-state index is 0.312. The molecular weight excluding hydrogens is 184 g/mol. The van der Waals surface area contributed by atoms with Crippen LogP contribution in [0.3, 0.4) is 0 Å². The zero-order chi connectivity index (χ0) is 9.10. The lowest BCUT2D eigenvalue weighted by Crippen LogP contribution is -2.68. The first kappa shape index (κ1) is 9.18. The first-order valence-corrected chi connectivity index (χ1v) is 5.34. The molecule has 2 aliphatic rings. The normalized spacial score (nSPS) is 26.6. The number of hydrogen-bond acceptors (Lipinski definition) is 3. The summed E-state index contributed by atoms with van der Waals surface area (Å²) in [7, 11) is 0. The largest absolute Gasteiger partial charge is 0.296 e. The summed E-state index contributed by atoms with van der Waals surface area (Å²) in [6.45, 7) is 0. The van der Waals surface area contributed by atoms with Crippen LogP contribution in [0.4, 0.5) is 0 Å². The van der Waals surface area contributed by atoms with E-state index in [0.29, 0.717) is 11.3 Å². The summed E-state index contributed by atoms with van der Waals surface area (Å²) in [6, 6.07) is 0. The average Bonchev–Trinajstić information content (AvgIpc) is 2.20. The van der Waals surface area contributed by atoms with Crippen LogP contribution in [0.2, 0.25) is 0 Å². The highest BCUT2D eigenvalue weighted by atomic mass is 32.1. The molecule has 1 aliphatic heterocycles. The van der Waals surface area contributed by atoms with Crippen molar-refractivity contribution in [3.63, 3.8) is 0 Å². The molecule has 4 N–H and O–H groups in total. The fraction of sp³-hybridized carbons (Fsp3) is 0.875. The third-order valence-electron chi connectivity index (χ3n) is 2.80. The Balaban J connectivity index is 1.82. The van der Waals surface area contributed by atoms with E-state index in [9.17, 15) is 0 Å². The minimum Gasteiger partial charge on any atom is -0.296 e. The highest BCUT2D eigenvalue weighted by Gasteiger charge is 2.25. The maximum Gasteiger partial charge on any atom is 0.195 e. The molecule has 5 heteroatoms. The molecule has 0 atom stereocenters. The lowest BCUT2D eigenvalue weighted by molar-refractivity contribution is 0.204. The van der Waals surface area contributed by atoms with Gasteiger partial charge in [0.25, 0.3) is 0 Å². The zero-order valence-electron chi connectivity index (χ0n) is 7.60. The second-order valence-electron chi connectivity index (χ2n) is 3.74. The van der Waals surface area contributed by atoms with Crippen molar-refractivity contribution in [1.29, 1.82) is 0 Å². The van der Waals surface area contributed by atoms with E-state index in [1.54, 1.807) is 0 Å². The molecule has 1 saturated carbocycles. The van der Waals surface area contributed by atoms with Crippen LogP contribution in [0.5, 0.6) is 0 Å². The Labute approximate surface area is 83.8 Å². The van der Waals surface area contributed by atoms with Crippen LogP contribution in [0.15, 0.2) is 0 Å². The van der Waals surface area contributed by atoms with Crippen molar-refractivity contribution in [3.05, 3.63) is 0 Å². The molecule has 0 radical (unpaired) electrons. The van der Waals surface area contributed by atoms with E-state index in [-0.39, 0.29) is 0 Å². The molecule has 2 rings (SSSR count). The third-order valence-corrected chi connectivity index (χ3v) is 3.01. The van der Waals surface area contributed by atoms with Crippen LogP contribution in [-0.2, 0) is 0 Å². The number of thiocarbonyl (C=S) groups is 1. The standard InChI is InChI=1S/C8H16N4S/c13-8-11-9-7(10-12-8)6-4-2-1-3-5-6/h6-7,9-10H,1-5H2,(H2,11,12,13). The molecule has 2 fully saturated rings. The number of hydrazine groups is 2. The number of nitrogens with one attached hydrogen (secondary N) is 4. The van der Waals surface area contributed by atoms with Gasteiger partial charge < -0.3 is 0 Å². The van der Waals surface area contributed by atoms with Gasteiger partial charge in [-0.15, -0.1) is 0 Å². The van der Waals surface area contributed by atoms with Gasteiger partial charge in [0.15, 0.2) is 5.11 Å². The third kappa shape index (κ3) is 2.30. The van der Waals surface area contributed by atoms with Gasteiger partial charge in [0.1, 0.15) is 0 Å². The topological polar surface area (TPSA) is 48.1 Å². The van der Waals surface area contributed by atoms with Crippen LogP contribution >= 0.6 is 12.2 Å². The van der Waals surface area contributed by atoms with Gasteiger partial charge in [-0.05, 0) is 31.0 Å². The van der Waals surface area contributed by atoms with E-state index in [0.717, 1.165) is 5.92 Å². The van der Waals surface area contributed by atoms with Gasteiger partial charge in [0, 0.05) is 0 Å². The maximum atomic E-state index is 4.91. The molecule has 0 bridgehead atoms. The van der Waals surface area contributed by atoms with Gasteiger partial charge in [-0.2, -0.15) is 0 Å². The van der Waals surface area contributed by atoms with E-state index in [1.807, 2.05) is 0 Å². The summed E-state index contributed by atoms with van der Waals surface area (Å²) in [5, 5.41) is 0.618. The van der Waals surface area contributed by atoms with E-state index < -0.39 is 0 Å². The van der Waals surface area contributed by atoms with Crippen LogP contribution in [0, 0.1) is 5.92 Å². The molecular formula is C8H16N4S. The number of rotatable bonds is 1. The summed E-state index contributed by atoms with van der Waals surface area (Å²) in [4.78, 5) is 0. The highest BCUT2D eigenvalue weighted by molar-refractivity contribution is 7.80. The smallest absolute Gasteiger partial charge is 0.195 e. The molecule has 4 nitrogen and oxygen atoms in total. The quantitative estimate of drug-likeness (QED) is 0.461. The van der Waals surface area contributed by atoms with Crippen LogP contribution in [-0.4, -0.2) is 11.3 Å². The van der Waals surface area contributed by atoms with E-state index >= 15 is 0 Å². The van der Waals surface area contributed by atoms with Crippen molar-refractivity contribution in [2.24, 2.45) is 5.92 Å². The van der Waals surface area contributed by atoms with Gasteiger partial charge in [0.2, 0.25) is 0 Å². The fourth-order valence-electron chi connectivity index (χ4n) is 2.06. The Morgan fingerprint density at radius 2 is 1.62 bits per heavy atom. The van der Waals surface area contributed by atoms with Crippen molar-refractivity contribution in [1.82, 2.24) is 21.7 Å². The Morgan fingerprint density at radius 1 is 1.00 bits per heavy atom. The summed E-state index contributed by atoms with van der Waals surface area (Å²) in [5.41, 5.74) is 12.2. The molecule has 1 aliphatic carbocycles. The van der Waals surface area contributed by atoms with Crippen molar-refractivity contribution in [2.75, 3.05) is 0 Å². The molecule has 0 aromatic rings. The van der Waals surface area contributed by atoms with Crippen molar-refractivity contribution >= 4 is 17.3 Å². The van der Waals surface area contributed by atoms with Crippen molar-refractivity contribution in [3.8, 4) is 0 Å². The Bertz CT molecular complexity index is 181. The van der Waals surface area contributed by atoms with Crippen molar-refractivity contribution in [2.45, 2.75) is 38.3 Å². The zero-order valence-corrected chi connectivity index (χ0v) is 8.41. The van der Waals surface area contributed by atoms with E-state index in [2.05, 4.69) is 21.7 Å². The first-order chi connectivity index (χ1) is 6.36. The Kier molecular flexibility index (Phi) is 2.97. The molecule has 74 valence electrons. The Morgan fingerprint density at radius 3 is 2.23 bits per heavy atom. The highest BCUT2D eigenvalue weighted by Crippen LogP contribution is 2.25.